The van der Waals surface area contributed by atoms with Crippen LogP contribution in [0.5, 0.6) is 0 Å². The number of nitrogens with zero attached hydrogens (tertiary/aromatic N) is 6. The van der Waals surface area contributed by atoms with E-state index in [4.69, 9.17) is 0 Å². The van der Waals surface area contributed by atoms with Gasteiger partial charge in [0.05, 0.1) is 17.3 Å². The molecule has 2 aromatic rings. The largest absolute Gasteiger partial charge is 0.368 e. The van der Waals surface area contributed by atoms with Gasteiger partial charge >= 0.3 is 0 Å². The number of nitriles is 1. The Labute approximate surface area is 153 Å². The molecule has 1 aromatic carbocycles. The number of aryl methyl sites for hydroxylation is 1. The van der Waals surface area contributed by atoms with Crippen molar-refractivity contribution in [2.45, 2.75) is 12.5 Å². The molecule has 4 rings (SSSR count). The fourth-order valence-corrected chi connectivity index (χ4v) is 3.90. The molecule has 134 valence electrons. The van der Waals surface area contributed by atoms with Crippen LogP contribution in [-0.4, -0.2) is 59.4 Å². The van der Waals surface area contributed by atoms with Crippen LogP contribution in [0.25, 0.3) is 0 Å². The maximum Gasteiger partial charge on any atom is 0.245 e. The first-order valence-corrected chi connectivity index (χ1v) is 8.96. The zero-order valence-corrected chi connectivity index (χ0v) is 14.9. The molecule has 0 aliphatic carbocycles. The lowest BCUT2D eigenvalue weighted by atomic mass is 10.1. The van der Waals surface area contributed by atoms with Crippen molar-refractivity contribution in [1.82, 2.24) is 14.7 Å². The molecule has 2 aliphatic rings. The van der Waals surface area contributed by atoms with E-state index < -0.39 is 0 Å². The molecule has 2 fully saturated rings. The summed E-state index contributed by atoms with van der Waals surface area (Å²) >= 11 is 0. The van der Waals surface area contributed by atoms with Crippen molar-refractivity contribution in [3.8, 4) is 6.07 Å². The van der Waals surface area contributed by atoms with E-state index in [1.54, 1.807) is 9.58 Å². The molecule has 1 unspecified atom stereocenters. The monoisotopic (exact) mass is 350 g/mol. The molecule has 0 bridgehead atoms. The van der Waals surface area contributed by atoms with E-state index in [0.29, 0.717) is 5.56 Å². The number of amides is 1. The van der Waals surface area contributed by atoms with Crippen LogP contribution < -0.4 is 9.80 Å². The number of hydrogen-bond acceptors (Lipinski definition) is 5. The summed E-state index contributed by atoms with van der Waals surface area (Å²) in [4.78, 5) is 19.2. The molecule has 1 aromatic heterocycles. The Morgan fingerprint density at radius 1 is 1.12 bits per heavy atom. The normalized spacial score (nSPS) is 21.2. The molecule has 26 heavy (non-hydrogen) atoms. The summed E-state index contributed by atoms with van der Waals surface area (Å²) in [6, 6.07) is 11.8. The second-order valence-electron chi connectivity index (χ2n) is 6.79. The summed E-state index contributed by atoms with van der Waals surface area (Å²) < 4.78 is 1.72. The maximum absolute atomic E-state index is 12.8. The summed E-state index contributed by atoms with van der Waals surface area (Å²) in [5.41, 5.74) is 1.70. The van der Waals surface area contributed by atoms with E-state index in [1.807, 2.05) is 43.6 Å². The molecule has 0 saturated carbocycles. The van der Waals surface area contributed by atoms with Gasteiger partial charge in [-0.2, -0.15) is 10.4 Å². The smallest absolute Gasteiger partial charge is 0.245 e. The van der Waals surface area contributed by atoms with Crippen LogP contribution in [0.3, 0.4) is 0 Å². The average Bonchev–Trinajstić information content (AvgIpc) is 3.27. The lowest BCUT2D eigenvalue weighted by Gasteiger charge is -2.38. The molecule has 2 saturated heterocycles. The van der Waals surface area contributed by atoms with Crippen molar-refractivity contribution in [3.63, 3.8) is 0 Å². The second kappa shape index (κ2) is 6.81. The van der Waals surface area contributed by atoms with Crippen LogP contribution in [0.4, 0.5) is 11.5 Å². The molecule has 3 heterocycles. The number of para-hydroxylation sites is 1. The summed E-state index contributed by atoms with van der Waals surface area (Å²) in [7, 11) is 1.86. The topological polar surface area (TPSA) is 68.4 Å². The predicted molar refractivity (Wildman–Crippen MR) is 98.9 cm³/mol. The third-order valence-corrected chi connectivity index (χ3v) is 5.27. The maximum atomic E-state index is 12.8. The van der Waals surface area contributed by atoms with Gasteiger partial charge in [0.15, 0.2) is 5.82 Å². The van der Waals surface area contributed by atoms with E-state index in [9.17, 15) is 10.1 Å². The van der Waals surface area contributed by atoms with Gasteiger partial charge in [-0.3, -0.25) is 19.3 Å². The van der Waals surface area contributed by atoms with Crippen molar-refractivity contribution in [1.29, 1.82) is 5.26 Å². The first-order valence-electron chi connectivity index (χ1n) is 8.96. The first kappa shape index (κ1) is 16.6. The lowest BCUT2D eigenvalue weighted by Crippen LogP contribution is -2.52. The SMILES string of the molecule is Cn1ccc(N2CCC(N3CCN(c4ccccc4C#N)CC3)C2=O)n1. The van der Waals surface area contributed by atoms with Gasteiger partial charge in [0.2, 0.25) is 5.91 Å². The summed E-state index contributed by atoms with van der Waals surface area (Å²) in [5.74, 6) is 0.885. The van der Waals surface area contributed by atoms with Crippen molar-refractivity contribution < 1.29 is 4.79 Å². The molecular formula is C19H22N6O. The van der Waals surface area contributed by atoms with Gasteiger partial charge < -0.3 is 4.90 Å². The highest BCUT2D eigenvalue weighted by molar-refractivity contribution is 5.98. The molecule has 0 spiro atoms. The van der Waals surface area contributed by atoms with Gasteiger partial charge in [-0.15, -0.1) is 0 Å². The first-order chi connectivity index (χ1) is 12.7. The number of aromatic nitrogens is 2. The van der Waals surface area contributed by atoms with E-state index >= 15 is 0 Å². The zero-order chi connectivity index (χ0) is 18.1. The van der Waals surface area contributed by atoms with Gasteiger partial charge in [0.25, 0.3) is 0 Å². The Morgan fingerprint density at radius 2 is 1.88 bits per heavy atom. The van der Waals surface area contributed by atoms with Gasteiger partial charge in [0, 0.05) is 52.0 Å². The molecule has 0 N–H and O–H groups in total. The highest BCUT2D eigenvalue weighted by atomic mass is 16.2. The number of rotatable bonds is 3. The predicted octanol–water partition coefficient (Wildman–Crippen LogP) is 1.22. The average molecular weight is 350 g/mol. The Balaban J connectivity index is 1.41. The van der Waals surface area contributed by atoms with E-state index in [1.165, 1.54) is 0 Å². The summed E-state index contributed by atoms with van der Waals surface area (Å²) in [5, 5.41) is 13.7. The highest BCUT2D eigenvalue weighted by Gasteiger charge is 2.38. The molecule has 7 nitrogen and oxygen atoms in total. The van der Waals surface area contributed by atoms with Crippen LogP contribution >= 0.6 is 0 Å². The highest BCUT2D eigenvalue weighted by Crippen LogP contribution is 2.26. The Kier molecular flexibility index (Phi) is 4.35. The number of anilines is 2. The van der Waals surface area contributed by atoms with Crippen LogP contribution in [-0.2, 0) is 11.8 Å². The zero-order valence-electron chi connectivity index (χ0n) is 14.9. The minimum atomic E-state index is -0.0645. The number of carbonyl (C=O) groups is 1. The van der Waals surface area contributed by atoms with Gasteiger partial charge in [-0.05, 0) is 18.6 Å². The van der Waals surface area contributed by atoms with Gasteiger partial charge in [-0.1, -0.05) is 12.1 Å². The van der Waals surface area contributed by atoms with E-state index in [-0.39, 0.29) is 11.9 Å². The molecule has 2 aliphatic heterocycles. The van der Waals surface area contributed by atoms with Crippen molar-refractivity contribution in [2.75, 3.05) is 42.5 Å². The van der Waals surface area contributed by atoms with Crippen LogP contribution in [0, 0.1) is 11.3 Å². The third-order valence-electron chi connectivity index (χ3n) is 5.27. The quantitative estimate of drug-likeness (QED) is 0.833. The molecule has 1 atom stereocenters. The minimum absolute atomic E-state index is 0.0645. The van der Waals surface area contributed by atoms with Crippen molar-refractivity contribution in [3.05, 3.63) is 42.1 Å². The molecule has 0 radical (unpaired) electrons. The van der Waals surface area contributed by atoms with Gasteiger partial charge in [-0.25, -0.2) is 0 Å². The second-order valence-corrected chi connectivity index (χ2v) is 6.79. The van der Waals surface area contributed by atoms with Gasteiger partial charge in [0.1, 0.15) is 6.07 Å². The molecular weight excluding hydrogens is 328 g/mol. The summed E-state index contributed by atoms with van der Waals surface area (Å²) in [6.07, 6.45) is 2.70. The number of piperazine rings is 1. The van der Waals surface area contributed by atoms with Crippen LogP contribution in [0.1, 0.15) is 12.0 Å². The Morgan fingerprint density at radius 3 is 2.58 bits per heavy atom. The fourth-order valence-electron chi connectivity index (χ4n) is 3.90. The summed E-state index contributed by atoms with van der Waals surface area (Å²) in [6.45, 7) is 4.02. The molecule has 7 heteroatoms. The van der Waals surface area contributed by atoms with E-state index in [0.717, 1.165) is 50.6 Å². The number of benzene rings is 1. The van der Waals surface area contributed by atoms with Crippen LogP contribution in [0.15, 0.2) is 36.5 Å². The Hall–Kier alpha value is -2.85. The lowest BCUT2D eigenvalue weighted by molar-refractivity contribution is -0.121. The third kappa shape index (κ3) is 2.93. The van der Waals surface area contributed by atoms with Crippen LogP contribution in [0.2, 0.25) is 0 Å². The standard InChI is InChI=1S/C19H22N6O/c1-22-8-7-18(21-22)25-9-6-17(19(25)26)24-12-10-23(11-13-24)16-5-3-2-4-15(16)14-20/h2-5,7-8,17H,6,9-13H2,1H3. The van der Waals surface area contributed by atoms with E-state index in [2.05, 4.69) is 21.0 Å². The molecule has 1 amide bonds. The minimum Gasteiger partial charge on any atom is -0.368 e. The number of carbonyl (C=O) groups excluding carboxylic acids is 1. The number of hydrogen-bond donors (Lipinski definition) is 0. The van der Waals surface area contributed by atoms with Crippen molar-refractivity contribution in [2.24, 2.45) is 7.05 Å². The van der Waals surface area contributed by atoms with Crippen molar-refractivity contribution >= 4 is 17.4 Å². The Bertz CT molecular complexity index is 846. The fraction of sp³-hybridized carbons (Fsp3) is 0.421.